The van der Waals surface area contributed by atoms with E-state index in [4.69, 9.17) is 4.42 Å². The Morgan fingerprint density at radius 1 is 1.41 bits per heavy atom. The topological polar surface area (TPSA) is 62.6 Å². The zero-order chi connectivity index (χ0) is 12.3. The summed E-state index contributed by atoms with van der Waals surface area (Å²) in [6, 6.07) is 1.72. The first-order chi connectivity index (χ1) is 8.18. The van der Waals surface area contributed by atoms with E-state index in [-0.39, 0.29) is 24.1 Å². The minimum absolute atomic E-state index is 0.0277. The number of nitrogens with zero attached hydrogens (tertiary/aromatic N) is 1. The van der Waals surface area contributed by atoms with Crippen molar-refractivity contribution in [2.24, 2.45) is 0 Å². The number of nitrogens with one attached hydrogen (secondary N) is 1. The summed E-state index contributed by atoms with van der Waals surface area (Å²) < 4.78 is 5.05. The minimum atomic E-state index is -0.333. The Hall–Kier alpha value is -1.78. The maximum atomic E-state index is 11.7. The highest BCUT2D eigenvalue weighted by molar-refractivity contribution is 5.95. The lowest BCUT2D eigenvalue weighted by Crippen LogP contribution is -2.38. The smallest absolute Gasteiger partial charge is 0.287 e. The van der Waals surface area contributed by atoms with E-state index >= 15 is 0 Å². The van der Waals surface area contributed by atoms with Crippen LogP contribution in [0.3, 0.4) is 0 Å². The first-order valence-electron chi connectivity index (χ1n) is 5.78. The van der Waals surface area contributed by atoms with Gasteiger partial charge in [-0.3, -0.25) is 9.59 Å². The lowest BCUT2D eigenvalue weighted by Gasteiger charge is -2.15. The van der Waals surface area contributed by atoms with Crippen LogP contribution in [0.5, 0.6) is 0 Å². The number of likely N-dealkylation sites (tertiary alicyclic amines) is 1. The van der Waals surface area contributed by atoms with Crippen LogP contribution in [0.25, 0.3) is 0 Å². The van der Waals surface area contributed by atoms with Crippen molar-refractivity contribution in [2.45, 2.75) is 19.8 Å². The monoisotopic (exact) mass is 236 g/mol. The molecule has 1 aromatic heterocycles. The average Bonchev–Trinajstić information content (AvgIpc) is 2.95. The third kappa shape index (κ3) is 2.67. The number of hydrogen-bond acceptors (Lipinski definition) is 3. The summed E-state index contributed by atoms with van der Waals surface area (Å²) in [4.78, 5) is 25.1. The van der Waals surface area contributed by atoms with Crippen molar-refractivity contribution >= 4 is 11.8 Å². The molecule has 1 fully saturated rings. The standard InChI is InChI=1S/C12H16N2O3/c1-9-4-7-17-11(9)12(16)13-8-10(15)14-5-2-3-6-14/h4,7H,2-3,5-6,8H2,1H3,(H,13,16). The molecule has 1 N–H and O–H groups in total. The number of carbonyl (C=O) groups is 2. The number of aryl methyl sites for hydroxylation is 1. The summed E-state index contributed by atoms with van der Waals surface area (Å²) in [6.07, 6.45) is 3.57. The van der Waals surface area contributed by atoms with Crippen LogP contribution in [0, 0.1) is 6.92 Å². The van der Waals surface area contributed by atoms with Gasteiger partial charge in [0, 0.05) is 18.7 Å². The van der Waals surface area contributed by atoms with E-state index in [9.17, 15) is 9.59 Å². The number of hydrogen-bond donors (Lipinski definition) is 1. The van der Waals surface area contributed by atoms with Crippen LogP contribution in [-0.2, 0) is 4.79 Å². The van der Waals surface area contributed by atoms with E-state index in [0.29, 0.717) is 0 Å². The fourth-order valence-corrected chi connectivity index (χ4v) is 1.92. The van der Waals surface area contributed by atoms with Gasteiger partial charge in [0.25, 0.3) is 5.91 Å². The number of rotatable bonds is 3. The molecule has 92 valence electrons. The van der Waals surface area contributed by atoms with E-state index in [1.807, 2.05) is 0 Å². The van der Waals surface area contributed by atoms with E-state index in [1.54, 1.807) is 17.9 Å². The number of amides is 2. The van der Waals surface area contributed by atoms with Gasteiger partial charge in [0.2, 0.25) is 5.91 Å². The van der Waals surface area contributed by atoms with Crippen molar-refractivity contribution in [1.29, 1.82) is 0 Å². The molecule has 0 aliphatic carbocycles. The van der Waals surface area contributed by atoms with Gasteiger partial charge >= 0.3 is 0 Å². The second-order valence-corrected chi connectivity index (χ2v) is 4.20. The zero-order valence-electron chi connectivity index (χ0n) is 9.86. The van der Waals surface area contributed by atoms with Crippen molar-refractivity contribution in [3.63, 3.8) is 0 Å². The van der Waals surface area contributed by atoms with Crippen molar-refractivity contribution in [3.8, 4) is 0 Å². The lowest BCUT2D eigenvalue weighted by molar-refractivity contribution is -0.129. The van der Waals surface area contributed by atoms with Crippen LogP contribution >= 0.6 is 0 Å². The molecule has 5 heteroatoms. The Labute approximate surface area is 99.8 Å². The molecule has 1 aromatic rings. The Bertz CT molecular complexity index is 419. The Balaban J connectivity index is 1.84. The Kier molecular flexibility index (Phi) is 3.46. The molecule has 2 amide bonds. The van der Waals surface area contributed by atoms with Gasteiger partial charge in [0.05, 0.1) is 12.8 Å². The maximum Gasteiger partial charge on any atom is 0.287 e. The quantitative estimate of drug-likeness (QED) is 0.849. The first-order valence-corrected chi connectivity index (χ1v) is 5.78. The summed E-state index contributed by atoms with van der Waals surface area (Å²) in [7, 11) is 0. The van der Waals surface area contributed by atoms with Crippen molar-refractivity contribution in [3.05, 3.63) is 23.7 Å². The summed E-state index contributed by atoms with van der Waals surface area (Å²) in [5.74, 6) is -0.0840. The predicted octanol–water partition coefficient (Wildman–Crippen LogP) is 0.940. The van der Waals surface area contributed by atoms with Crippen LogP contribution in [0.1, 0.15) is 29.0 Å². The molecule has 0 bridgehead atoms. The van der Waals surface area contributed by atoms with Crippen LogP contribution in [0.2, 0.25) is 0 Å². The van der Waals surface area contributed by atoms with E-state index in [1.165, 1.54) is 6.26 Å². The fraction of sp³-hybridized carbons (Fsp3) is 0.500. The first kappa shape index (κ1) is 11.7. The van der Waals surface area contributed by atoms with Crippen molar-refractivity contribution < 1.29 is 14.0 Å². The predicted molar refractivity (Wildman–Crippen MR) is 61.6 cm³/mol. The largest absolute Gasteiger partial charge is 0.459 e. The fourth-order valence-electron chi connectivity index (χ4n) is 1.92. The van der Waals surface area contributed by atoms with E-state index in [2.05, 4.69) is 5.32 Å². The van der Waals surface area contributed by atoms with Gasteiger partial charge in [0.1, 0.15) is 0 Å². The van der Waals surface area contributed by atoms with Gasteiger partial charge in [-0.1, -0.05) is 0 Å². The molecule has 1 aliphatic rings. The summed E-state index contributed by atoms with van der Waals surface area (Å²) in [5, 5.41) is 2.58. The van der Waals surface area contributed by atoms with E-state index < -0.39 is 0 Å². The third-order valence-corrected chi connectivity index (χ3v) is 2.93. The van der Waals surface area contributed by atoms with Crippen LogP contribution in [-0.4, -0.2) is 36.3 Å². The highest BCUT2D eigenvalue weighted by Crippen LogP contribution is 2.09. The molecule has 1 aliphatic heterocycles. The zero-order valence-corrected chi connectivity index (χ0v) is 9.86. The van der Waals surface area contributed by atoms with Crippen molar-refractivity contribution in [2.75, 3.05) is 19.6 Å². The highest BCUT2D eigenvalue weighted by Gasteiger charge is 2.19. The molecular weight excluding hydrogens is 220 g/mol. The molecule has 2 rings (SSSR count). The summed E-state index contributed by atoms with van der Waals surface area (Å²) >= 11 is 0. The number of carbonyl (C=O) groups excluding carboxylic acids is 2. The second kappa shape index (κ2) is 5.03. The van der Waals surface area contributed by atoms with Gasteiger partial charge in [-0.2, -0.15) is 0 Å². The molecule has 2 heterocycles. The van der Waals surface area contributed by atoms with Crippen molar-refractivity contribution in [1.82, 2.24) is 10.2 Å². The Morgan fingerprint density at radius 2 is 2.12 bits per heavy atom. The minimum Gasteiger partial charge on any atom is -0.459 e. The molecular formula is C12H16N2O3. The molecule has 0 atom stereocenters. The Morgan fingerprint density at radius 3 is 2.71 bits per heavy atom. The molecule has 17 heavy (non-hydrogen) atoms. The third-order valence-electron chi connectivity index (χ3n) is 2.93. The van der Waals surface area contributed by atoms with Crippen LogP contribution in [0.15, 0.2) is 16.7 Å². The van der Waals surface area contributed by atoms with Crippen LogP contribution < -0.4 is 5.32 Å². The molecule has 0 unspecified atom stereocenters. The van der Waals surface area contributed by atoms with Crippen LogP contribution in [0.4, 0.5) is 0 Å². The number of furan rings is 1. The normalized spacial score (nSPS) is 15.0. The summed E-state index contributed by atoms with van der Waals surface area (Å²) in [6.45, 7) is 3.43. The van der Waals surface area contributed by atoms with Gasteiger partial charge in [-0.25, -0.2) is 0 Å². The lowest BCUT2D eigenvalue weighted by atomic mass is 10.3. The maximum absolute atomic E-state index is 11.7. The molecule has 0 radical (unpaired) electrons. The van der Waals surface area contributed by atoms with Gasteiger partial charge in [0.15, 0.2) is 5.76 Å². The SMILES string of the molecule is Cc1ccoc1C(=O)NCC(=O)N1CCCC1. The molecule has 0 aromatic carbocycles. The molecule has 0 spiro atoms. The van der Waals surface area contributed by atoms with E-state index in [0.717, 1.165) is 31.5 Å². The molecule has 5 nitrogen and oxygen atoms in total. The molecule has 1 saturated heterocycles. The highest BCUT2D eigenvalue weighted by atomic mass is 16.3. The summed E-state index contributed by atoms with van der Waals surface area (Å²) in [5.41, 5.74) is 0.774. The van der Waals surface area contributed by atoms with Gasteiger partial charge < -0.3 is 14.6 Å². The van der Waals surface area contributed by atoms with Gasteiger partial charge in [-0.15, -0.1) is 0 Å². The second-order valence-electron chi connectivity index (χ2n) is 4.20. The van der Waals surface area contributed by atoms with Gasteiger partial charge in [-0.05, 0) is 25.8 Å². The average molecular weight is 236 g/mol. The molecule has 0 saturated carbocycles.